The second kappa shape index (κ2) is 22.7. The van der Waals surface area contributed by atoms with Gasteiger partial charge >= 0.3 is 51.4 Å². The van der Waals surface area contributed by atoms with Crippen molar-refractivity contribution in [1.82, 2.24) is 0 Å². The zero-order chi connectivity index (χ0) is 11.2. The van der Waals surface area contributed by atoms with Gasteiger partial charge in [-0.05, 0) is 0 Å². The van der Waals surface area contributed by atoms with Gasteiger partial charge in [0, 0.05) is 14.2 Å². The summed E-state index contributed by atoms with van der Waals surface area (Å²) in [6, 6.07) is 0. The molecule has 0 aliphatic heterocycles. The smallest absolute Gasteiger partial charge is 0.382 e. The number of ether oxygens (including phenoxy) is 5. The Labute approximate surface area is 149 Å². The van der Waals surface area contributed by atoms with Crippen molar-refractivity contribution in [2.75, 3.05) is 67.1 Å². The maximum atomic E-state index is 5.26. The van der Waals surface area contributed by atoms with Crippen molar-refractivity contribution in [3.63, 3.8) is 0 Å². The summed E-state index contributed by atoms with van der Waals surface area (Å²) in [5.74, 6) is 0. The molecule has 17 heavy (non-hydrogen) atoms. The van der Waals surface area contributed by atoms with Gasteiger partial charge in [0.1, 0.15) is 0 Å². The molecule has 0 aliphatic carbocycles. The molecule has 0 N–H and O–H groups in total. The van der Waals surface area contributed by atoms with E-state index in [1.54, 1.807) is 14.2 Å². The summed E-state index contributed by atoms with van der Waals surface area (Å²) in [6.45, 7) is 4.87. The molecule has 0 aliphatic rings. The zero-order valence-corrected chi connectivity index (χ0v) is 13.8. The Balaban J connectivity index is -0.000000980. The third-order valence-corrected chi connectivity index (χ3v) is 1.61. The van der Waals surface area contributed by atoms with Crippen molar-refractivity contribution in [3.8, 4) is 0 Å². The average Bonchev–Trinajstić information content (AvgIpc) is 2.26. The van der Waals surface area contributed by atoms with E-state index in [0.29, 0.717) is 52.9 Å². The number of hydrogen-bond donors (Lipinski definition) is 0. The van der Waals surface area contributed by atoms with Gasteiger partial charge < -0.3 is 23.7 Å². The molecular weight excluding hydrogens is 250 g/mol. The molecule has 0 fully saturated rings. The van der Waals surface area contributed by atoms with Crippen LogP contribution in [0.25, 0.3) is 0 Å². The minimum Gasteiger partial charge on any atom is -0.382 e. The van der Waals surface area contributed by atoms with Gasteiger partial charge in [0.2, 0.25) is 0 Å². The number of rotatable bonds is 12. The van der Waals surface area contributed by atoms with Crippen LogP contribution in [0.15, 0.2) is 0 Å². The molecule has 0 spiro atoms. The molecule has 0 amide bonds. The summed E-state index contributed by atoms with van der Waals surface area (Å²) in [7, 11) is 3.30. The molecule has 0 rings (SSSR count). The van der Waals surface area contributed by atoms with Crippen LogP contribution in [0.2, 0.25) is 0 Å². The topological polar surface area (TPSA) is 46.2 Å². The van der Waals surface area contributed by atoms with Gasteiger partial charge in [-0.1, -0.05) is 8.41 Å². The molecule has 100 valence electrons. The molecule has 0 aromatic heterocycles. The number of hydrogen-bond acceptors (Lipinski definition) is 5. The summed E-state index contributed by atoms with van der Waals surface area (Å²) in [4.78, 5) is 0. The zero-order valence-electron chi connectivity index (χ0n) is 10.7. The van der Waals surface area contributed by atoms with E-state index in [1.165, 1.54) is 0 Å². The van der Waals surface area contributed by atoms with Crippen molar-refractivity contribution in [2.45, 2.75) is 0 Å². The van der Waals surface area contributed by atoms with E-state index >= 15 is 0 Å². The van der Waals surface area contributed by atoms with Gasteiger partial charge in [-0.2, -0.15) is 0 Å². The Hall–Kier alpha value is 1.50. The average molecular weight is 276 g/mol. The molecule has 0 bridgehead atoms. The third-order valence-electron chi connectivity index (χ3n) is 1.61. The van der Waals surface area contributed by atoms with E-state index < -0.39 is 0 Å². The maximum absolute atomic E-state index is 5.26. The van der Waals surface area contributed by atoms with Crippen LogP contribution in [0.4, 0.5) is 0 Å². The van der Waals surface area contributed by atoms with E-state index in [4.69, 9.17) is 23.7 Å². The molecule has 0 atom stereocenters. The SMILES string of the molecule is COCCOCCOCCOCCOC.[BH4-].[K+]. The van der Waals surface area contributed by atoms with E-state index in [2.05, 4.69) is 0 Å². The minimum absolute atomic E-state index is 0. The van der Waals surface area contributed by atoms with Gasteiger partial charge in [-0.25, -0.2) is 0 Å². The van der Waals surface area contributed by atoms with Crippen molar-refractivity contribution >= 4 is 8.41 Å². The van der Waals surface area contributed by atoms with Gasteiger partial charge in [0.25, 0.3) is 0 Å². The first-order chi connectivity index (χ1) is 7.41. The van der Waals surface area contributed by atoms with Crippen LogP contribution in [0, 0.1) is 0 Å². The molecule has 0 aromatic rings. The van der Waals surface area contributed by atoms with E-state index in [-0.39, 0.29) is 59.8 Å². The van der Waals surface area contributed by atoms with Crippen LogP contribution >= 0.6 is 0 Å². The Morgan fingerprint density at radius 3 is 1.00 bits per heavy atom. The normalized spacial score (nSPS) is 9.53. The Morgan fingerprint density at radius 2 is 0.765 bits per heavy atom. The van der Waals surface area contributed by atoms with Crippen molar-refractivity contribution in [2.24, 2.45) is 0 Å². The molecule has 0 radical (unpaired) electrons. The fourth-order valence-electron chi connectivity index (χ4n) is 0.826. The van der Waals surface area contributed by atoms with Gasteiger partial charge in [-0.3, -0.25) is 0 Å². The maximum Gasteiger partial charge on any atom is 1.00 e. The Kier molecular flexibility index (Phi) is 31.4. The third kappa shape index (κ3) is 23.1. The predicted molar refractivity (Wildman–Crippen MR) is 67.5 cm³/mol. The molecule has 0 heterocycles. The van der Waals surface area contributed by atoms with Crippen molar-refractivity contribution in [3.05, 3.63) is 0 Å². The van der Waals surface area contributed by atoms with Crippen molar-refractivity contribution < 1.29 is 75.1 Å². The van der Waals surface area contributed by atoms with Gasteiger partial charge in [0.15, 0.2) is 0 Å². The molecule has 0 unspecified atom stereocenters. The standard InChI is InChI=1S/C10H22O5.BH4.K/c1-11-3-5-13-7-9-15-10-8-14-6-4-12-2;;/h3-10H2,1-2H3;1H4;/q;-1;+1. The van der Waals surface area contributed by atoms with E-state index in [9.17, 15) is 0 Å². The molecular formula is C10H26BKO5. The van der Waals surface area contributed by atoms with Gasteiger partial charge in [-0.15, -0.1) is 0 Å². The summed E-state index contributed by atoms with van der Waals surface area (Å²) in [5.41, 5.74) is 0. The molecule has 0 saturated carbocycles. The van der Waals surface area contributed by atoms with Crippen LogP contribution in [-0.2, 0) is 23.7 Å². The summed E-state index contributed by atoms with van der Waals surface area (Å²) in [6.07, 6.45) is 0. The monoisotopic (exact) mass is 276 g/mol. The quantitative estimate of drug-likeness (QED) is 0.268. The minimum atomic E-state index is 0. The van der Waals surface area contributed by atoms with E-state index in [1.807, 2.05) is 0 Å². The molecule has 0 aromatic carbocycles. The van der Waals surface area contributed by atoms with Crippen molar-refractivity contribution in [1.29, 1.82) is 0 Å². The van der Waals surface area contributed by atoms with Crippen LogP contribution in [0.5, 0.6) is 0 Å². The second-order valence-electron chi connectivity index (χ2n) is 2.82. The van der Waals surface area contributed by atoms with Gasteiger partial charge in [0.05, 0.1) is 52.9 Å². The predicted octanol–water partition coefficient (Wildman–Crippen LogP) is -4.12. The summed E-state index contributed by atoms with van der Waals surface area (Å²) < 4.78 is 25.3. The first-order valence-electron chi connectivity index (χ1n) is 5.13. The first kappa shape index (κ1) is 23.6. The molecule has 0 saturated heterocycles. The molecule has 5 nitrogen and oxygen atoms in total. The Morgan fingerprint density at radius 1 is 0.529 bits per heavy atom. The van der Waals surface area contributed by atoms with Crippen LogP contribution in [0.1, 0.15) is 0 Å². The largest absolute Gasteiger partial charge is 1.00 e. The summed E-state index contributed by atoms with van der Waals surface area (Å²) >= 11 is 0. The Bertz CT molecular complexity index is 109. The van der Waals surface area contributed by atoms with E-state index in [0.717, 1.165) is 0 Å². The molecule has 7 heteroatoms. The fraction of sp³-hybridized carbons (Fsp3) is 1.00. The number of methoxy groups -OCH3 is 2. The second-order valence-corrected chi connectivity index (χ2v) is 2.82. The fourth-order valence-corrected chi connectivity index (χ4v) is 0.826. The summed E-state index contributed by atoms with van der Waals surface area (Å²) in [5, 5.41) is 0. The van der Waals surface area contributed by atoms with Crippen LogP contribution in [0.3, 0.4) is 0 Å². The van der Waals surface area contributed by atoms with Crippen LogP contribution in [-0.4, -0.2) is 75.5 Å². The first-order valence-corrected chi connectivity index (χ1v) is 5.13. The van der Waals surface area contributed by atoms with Crippen LogP contribution < -0.4 is 51.4 Å².